The maximum Gasteiger partial charge on any atom is 0.243 e. The minimum atomic E-state index is -3.92. The van der Waals surface area contributed by atoms with E-state index in [4.69, 9.17) is 23.2 Å². The van der Waals surface area contributed by atoms with Crippen LogP contribution >= 0.6 is 23.2 Å². The van der Waals surface area contributed by atoms with Crippen molar-refractivity contribution in [1.82, 2.24) is 14.6 Å². The molecule has 0 aliphatic carbocycles. The number of pyridine rings is 1. The third-order valence-electron chi connectivity index (χ3n) is 5.67. The van der Waals surface area contributed by atoms with Gasteiger partial charge in [0.2, 0.25) is 15.9 Å². The van der Waals surface area contributed by atoms with E-state index in [9.17, 15) is 13.2 Å². The van der Waals surface area contributed by atoms with E-state index < -0.39 is 10.0 Å². The second-order valence-electron chi connectivity index (χ2n) is 8.36. The van der Waals surface area contributed by atoms with Crippen LogP contribution in [-0.2, 0) is 21.4 Å². The second kappa shape index (κ2) is 12.4. The van der Waals surface area contributed by atoms with Crippen LogP contribution in [0.4, 0.5) is 5.69 Å². The average molecular weight is 558 g/mol. The van der Waals surface area contributed by atoms with Crippen molar-refractivity contribution >= 4 is 55.7 Å². The van der Waals surface area contributed by atoms with E-state index >= 15 is 0 Å². The molecule has 4 rings (SSSR count). The summed E-state index contributed by atoms with van der Waals surface area (Å²) in [5.74, 6) is -0.377. The summed E-state index contributed by atoms with van der Waals surface area (Å²) < 4.78 is 27.8. The van der Waals surface area contributed by atoms with Gasteiger partial charge in [-0.3, -0.25) is 9.78 Å². The Morgan fingerprint density at radius 2 is 1.62 bits per heavy atom. The van der Waals surface area contributed by atoms with Gasteiger partial charge in [-0.05, 0) is 60.5 Å². The first kappa shape index (κ1) is 26.9. The number of anilines is 1. The molecule has 7 nitrogen and oxygen atoms in total. The average Bonchev–Trinajstić information content (AvgIpc) is 2.89. The molecule has 0 fully saturated rings. The van der Waals surface area contributed by atoms with E-state index in [2.05, 4.69) is 15.6 Å². The number of rotatable bonds is 11. The monoisotopic (exact) mass is 556 g/mol. The van der Waals surface area contributed by atoms with Gasteiger partial charge in [-0.1, -0.05) is 53.5 Å². The van der Waals surface area contributed by atoms with Crippen molar-refractivity contribution in [2.24, 2.45) is 0 Å². The van der Waals surface area contributed by atoms with Gasteiger partial charge in [0, 0.05) is 46.9 Å². The van der Waals surface area contributed by atoms with Gasteiger partial charge in [-0.15, -0.1) is 0 Å². The van der Waals surface area contributed by atoms with Gasteiger partial charge in [0.1, 0.15) is 0 Å². The Morgan fingerprint density at radius 3 is 2.38 bits per heavy atom. The smallest absolute Gasteiger partial charge is 0.243 e. The molecule has 0 radical (unpaired) electrons. The van der Waals surface area contributed by atoms with E-state index in [1.165, 1.54) is 28.6 Å². The molecular weight excluding hydrogens is 531 g/mol. The third-order valence-corrected chi connectivity index (χ3v) is 7.96. The number of hydrogen-bond acceptors (Lipinski definition) is 5. The Hall–Kier alpha value is -3.17. The lowest BCUT2D eigenvalue weighted by Gasteiger charge is -2.22. The summed E-state index contributed by atoms with van der Waals surface area (Å²) >= 11 is 12.0. The van der Waals surface area contributed by atoms with Gasteiger partial charge >= 0.3 is 0 Å². The summed E-state index contributed by atoms with van der Waals surface area (Å²) in [5.41, 5.74) is 2.50. The maximum atomic E-state index is 13.3. The number of benzene rings is 3. The number of carbonyl (C=O) groups is 1. The first-order valence-electron chi connectivity index (χ1n) is 11.7. The molecule has 0 aliphatic heterocycles. The zero-order chi connectivity index (χ0) is 26.3. The number of fused-ring (bicyclic) bond motifs is 1. The summed E-state index contributed by atoms with van der Waals surface area (Å²) in [6.07, 6.45) is 2.36. The van der Waals surface area contributed by atoms with Gasteiger partial charge in [0.25, 0.3) is 0 Å². The van der Waals surface area contributed by atoms with E-state index in [-0.39, 0.29) is 23.9 Å². The topological polar surface area (TPSA) is 91.4 Å². The van der Waals surface area contributed by atoms with Gasteiger partial charge in [-0.2, -0.15) is 4.31 Å². The second-order valence-corrected chi connectivity index (χ2v) is 11.2. The molecule has 192 valence electrons. The minimum absolute atomic E-state index is 0.0694. The SMILES string of the molecule is O=C(CN(Cc1ccccc1)S(=O)(=O)c1ccc(Cl)cc1)NCCCNc1ccnc2cc(Cl)ccc12. The predicted molar refractivity (Wildman–Crippen MR) is 148 cm³/mol. The van der Waals surface area contributed by atoms with Crippen LogP contribution in [0.25, 0.3) is 10.9 Å². The predicted octanol–water partition coefficient (Wildman–Crippen LogP) is 5.35. The van der Waals surface area contributed by atoms with Crippen molar-refractivity contribution in [2.75, 3.05) is 25.0 Å². The molecule has 4 aromatic rings. The van der Waals surface area contributed by atoms with Crippen molar-refractivity contribution in [1.29, 1.82) is 0 Å². The molecule has 0 atom stereocenters. The van der Waals surface area contributed by atoms with Crippen molar-refractivity contribution < 1.29 is 13.2 Å². The van der Waals surface area contributed by atoms with Crippen LogP contribution in [0.5, 0.6) is 0 Å². The summed E-state index contributed by atoms with van der Waals surface area (Å²) in [6.45, 7) is 0.766. The number of nitrogens with one attached hydrogen (secondary N) is 2. The van der Waals surface area contributed by atoms with Crippen LogP contribution in [-0.4, -0.2) is 43.2 Å². The van der Waals surface area contributed by atoms with Gasteiger partial charge < -0.3 is 10.6 Å². The molecular formula is C27H26Cl2N4O3S. The van der Waals surface area contributed by atoms with Crippen LogP contribution < -0.4 is 10.6 Å². The normalized spacial score (nSPS) is 11.5. The quantitative estimate of drug-likeness (QED) is 0.243. The summed E-state index contributed by atoms with van der Waals surface area (Å²) in [5, 5.41) is 8.20. The maximum absolute atomic E-state index is 13.3. The summed E-state index contributed by atoms with van der Waals surface area (Å²) in [7, 11) is -3.92. The fraction of sp³-hybridized carbons (Fsp3) is 0.185. The zero-order valence-electron chi connectivity index (χ0n) is 19.9. The molecule has 0 unspecified atom stereocenters. The van der Waals surface area contributed by atoms with Crippen LogP contribution in [0.2, 0.25) is 10.0 Å². The highest BCUT2D eigenvalue weighted by molar-refractivity contribution is 7.89. The Bertz CT molecular complexity index is 1470. The lowest BCUT2D eigenvalue weighted by atomic mass is 10.2. The Kier molecular flexibility index (Phi) is 9.00. The van der Waals surface area contributed by atoms with Crippen LogP contribution in [0.3, 0.4) is 0 Å². The highest BCUT2D eigenvalue weighted by Gasteiger charge is 2.26. The Morgan fingerprint density at radius 1 is 0.892 bits per heavy atom. The van der Waals surface area contributed by atoms with E-state index in [1.807, 2.05) is 54.6 Å². The van der Waals surface area contributed by atoms with Crippen molar-refractivity contribution in [2.45, 2.75) is 17.9 Å². The lowest BCUT2D eigenvalue weighted by molar-refractivity contribution is -0.121. The van der Waals surface area contributed by atoms with Gasteiger partial charge in [0.05, 0.1) is 17.0 Å². The fourth-order valence-electron chi connectivity index (χ4n) is 3.80. The number of aromatic nitrogens is 1. The van der Waals surface area contributed by atoms with E-state index in [1.54, 1.807) is 6.20 Å². The van der Waals surface area contributed by atoms with Gasteiger partial charge in [0.15, 0.2) is 0 Å². The molecule has 1 amide bonds. The number of sulfonamides is 1. The van der Waals surface area contributed by atoms with Gasteiger partial charge in [-0.25, -0.2) is 8.42 Å². The number of halogens is 2. The van der Waals surface area contributed by atoms with Crippen LogP contribution in [0, 0.1) is 0 Å². The molecule has 0 bridgehead atoms. The molecule has 0 saturated heterocycles. The van der Waals surface area contributed by atoms with Crippen LogP contribution in [0.15, 0.2) is 90.0 Å². The van der Waals surface area contributed by atoms with Crippen LogP contribution in [0.1, 0.15) is 12.0 Å². The Balaban J connectivity index is 1.35. The fourth-order valence-corrected chi connectivity index (χ4v) is 5.48. The molecule has 1 heterocycles. The highest BCUT2D eigenvalue weighted by atomic mass is 35.5. The number of carbonyl (C=O) groups excluding carboxylic acids is 1. The molecule has 3 aromatic carbocycles. The molecule has 10 heteroatoms. The van der Waals surface area contributed by atoms with Crippen molar-refractivity contribution in [3.05, 3.63) is 101 Å². The largest absolute Gasteiger partial charge is 0.384 e. The number of hydrogen-bond donors (Lipinski definition) is 2. The number of nitrogens with zero attached hydrogens (tertiary/aromatic N) is 2. The molecule has 2 N–H and O–H groups in total. The van der Waals surface area contributed by atoms with Crippen molar-refractivity contribution in [3.8, 4) is 0 Å². The lowest BCUT2D eigenvalue weighted by Crippen LogP contribution is -2.40. The summed E-state index contributed by atoms with van der Waals surface area (Å²) in [4.78, 5) is 17.1. The first-order chi connectivity index (χ1) is 17.8. The van der Waals surface area contributed by atoms with E-state index in [0.29, 0.717) is 29.6 Å². The molecule has 0 saturated carbocycles. The minimum Gasteiger partial charge on any atom is -0.384 e. The molecule has 0 spiro atoms. The van der Waals surface area contributed by atoms with E-state index in [0.717, 1.165) is 22.2 Å². The molecule has 1 aromatic heterocycles. The zero-order valence-corrected chi connectivity index (χ0v) is 22.2. The molecule has 37 heavy (non-hydrogen) atoms. The summed E-state index contributed by atoms with van der Waals surface area (Å²) in [6, 6.07) is 22.5. The highest BCUT2D eigenvalue weighted by Crippen LogP contribution is 2.24. The standard InChI is InChI=1S/C27H26Cl2N4O3S/c28-21-7-10-23(11-8-21)37(35,36)33(18-20-5-2-1-3-6-20)19-27(34)32-15-4-14-30-25-13-16-31-26-17-22(29)9-12-24(25)26/h1-3,5-13,16-17H,4,14-15,18-19H2,(H,30,31)(H,32,34). The Labute approximate surface area is 226 Å². The third kappa shape index (κ3) is 7.20. The number of amides is 1. The molecule has 0 aliphatic rings. The first-order valence-corrected chi connectivity index (χ1v) is 13.9. The van der Waals surface area contributed by atoms with Crippen molar-refractivity contribution in [3.63, 3.8) is 0 Å².